The Morgan fingerprint density at radius 1 is 0.968 bits per heavy atom. The van der Waals surface area contributed by atoms with E-state index >= 15 is 0 Å². The second kappa shape index (κ2) is 11.7. The predicted octanol–water partition coefficient (Wildman–Crippen LogP) is 5.18. The summed E-state index contributed by atoms with van der Waals surface area (Å²) in [5, 5.41) is 3.28. The van der Waals surface area contributed by atoms with Gasteiger partial charge in [-0.25, -0.2) is 0 Å². The Morgan fingerprint density at radius 3 is 2.29 bits per heavy atom. The van der Waals surface area contributed by atoms with Gasteiger partial charge in [0.1, 0.15) is 6.04 Å². The number of aryl methyl sites for hydroxylation is 1. The van der Waals surface area contributed by atoms with E-state index in [2.05, 4.69) is 36.5 Å². The molecule has 1 aliphatic rings. The van der Waals surface area contributed by atoms with Gasteiger partial charge in [-0.05, 0) is 37.3 Å². The lowest BCUT2D eigenvalue weighted by atomic mass is 9.94. The molecule has 0 aromatic heterocycles. The van der Waals surface area contributed by atoms with Gasteiger partial charge in [-0.3, -0.25) is 9.59 Å². The molecule has 1 fully saturated rings. The van der Waals surface area contributed by atoms with Crippen molar-refractivity contribution in [3.05, 3.63) is 71.3 Å². The summed E-state index contributed by atoms with van der Waals surface area (Å²) < 4.78 is 0. The van der Waals surface area contributed by atoms with Crippen LogP contribution in [0.15, 0.2) is 54.6 Å². The number of amides is 2. The highest BCUT2D eigenvalue weighted by molar-refractivity contribution is 5.88. The fourth-order valence-electron chi connectivity index (χ4n) is 4.35. The van der Waals surface area contributed by atoms with Gasteiger partial charge in [0.25, 0.3) is 0 Å². The Kier molecular flexibility index (Phi) is 8.69. The van der Waals surface area contributed by atoms with Crippen LogP contribution < -0.4 is 5.32 Å². The molecule has 4 nitrogen and oxygen atoms in total. The highest BCUT2D eigenvalue weighted by Crippen LogP contribution is 2.20. The van der Waals surface area contributed by atoms with E-state index in [9.17, 15) is 9.59 Å². The maximum absolute atomic E-state index is 13.5. The van der Waals surface area contributed by atoms with E-state index in [1.54, 1.807) is 4.90 Å². The van der Waals surface area contributed by atoms with Crippen LogP contribution in [0.3, 0.4) is 0 Å². The van der Waals surface area contributed by atoms with Crippen LogP contribution >= 0.6 is 0 Å². The van der Waals surface area contributed by atoms with Crippen molar-refractivity contribution in [3.63, 3.8) is 0 Å². The monoisotopic (exact) mass is 420 g/mol. The van der Waals surface area contributed by atoms with Gasteiger partial charge in [0.2, 0.25) is 11.8 Å². The fraction of sp³-hybridized carbons (Fsp3) is 0.481. The molecule has 1 aliphatic carbocycles. The van der Waals surface area contributed by atoms with Crippen LogP contribution in [-0.4, -0.2) is 28.8 Å². The van der Waals surface area contributed by atoms with Crippen molar-refractivity contribution in [2.45, 2.75) is 83.8 Å². The maximum Gasteiger partial charge on any atom is 0.243 e. The second-order valence-corrected chi connectivity index (χ2v) is 8.81. The molecule has 0 saturated heterocycles. The lowest BCUT2D eigenvalue weighted by Gasteiger charge is -2.33. The molecule has 0 radical (unpaired) electrons. The van der Waals surface area contributed by atoms with Crippen molar-refractivity contribution in [2.24, 2.45) is 0 Å². The van der Waals surface area contributed by atoms with Gasteiger partial charge < -0.3 is 10.2 Å². The number of nitrogens with one attached hydrogen (secondary N) is 1. The summed E-state index contributed by atoms with van der Waals surface area (Å²) in [7, 11) is 0. The largest absolute Gasteiger partial charge is 0.352 e. The Balaban J connectivity index is 1.87. The van der Waals surface area contributed by atoms with Gasteiger partial charge in [0, 0.05) is 25.4 Å². The van der Waals surface area contributed by atoms with Crippen molar-refractivity contribution in [2.75, 3.05) is 0 Å². The minimum absolute atomic E-state index is 0.0210. The lowest BCUT2D eigenvalue weighted by molar-refractivity contribution is -0.141. The number of nitrogens with zero attached hydrogens (tertiary/aromatic N) is 1. The molecule has 0 unspecified atom stereocenters. The first-order valence-electron chi connectivity index (χ1n) is 11.8. The molecule has 31 heavy (non-hydrogen) atoms. The third kappa shape index (κ3) is 6.95. The zero-order valence-corrected chi connectivity index (χ0v) is 19.0. The van der Waals surface area contributed by atoms with Crippen LogP contribution in [0.4, 0.5) is 0 Å². The first kappa shape index (κ1) is 23.1. The summed E-state index contributed by atoms with van der Waals surface area (Å²) in [6.07, 6.45) is 7.38. The Hall–Kier alpha value is -2.62. The first-order chi connectivity index (χ1) is 15.1. The first-order valence-corrected chi connectivity index (χ1v) is 11.8. The van der Waals surface area contributed by atoms with Crippen LogP contribution in [-0.2, 0) is 22.6 Å². The van der Waals surface area contributed by atoms with Gasteiger partial charge in [0.15, 0.2) is 0 Å². The zero-order valence-electron chi connectivity index (χ0n) is 19.0. The number of carbonyl (C=O) groups is 2. The van der Waals surface area contributed by atoms with Gasteiger partial charge in [-0.15, -0.1) is 0 Å². The average molecular weight is 421 g/mol. The topological polar surface area (TPSA) is 49.4 Å². The zero-order chi connectivity index (χ0) is 22.1. The Bertz CT molecular complexity index is 826. The van der Waals surface area contributed by atoms with E-state index in [1.165, 1.54) is 12.0 Å². The summed E-state index contributed by atoms with van der Waals surface area (Å²) in [4.78, 5) is 28.5. The molecular formula is C27H36N2O2. The number of hydrogen-bond acceptors (Lipinski definition) is 2. The van der Waals surface area contributed by atoms with E-state index in [0.717, 1.165) is 43.2 Å². The van der Waals surface area contributed by atoms with Gasteiger partial charge in [-0.2, -0.15) is 0 Å². The lowest BCUT2D eigenvalue weighted by Crippen LogP contribution is -2.52. The fourth-order valence-corrected chi connectivity index (χ4v) is 4.35. The van der Waals surface area contributed by atoms with Gasteiger partial charge in [0.05, 0.1) is 0 Å². The highest BCUT2D eigenvalue weighted by atomic mass is 16.2. The third-order valence-electron chi connectivity index (χ3n) is 6.16. The van der Waals surface area contributed by atoms with Crippen LogP contribution in [0, 0.1) is 6.92 Å². The normalized spacial score (nSPS) is 15.3. The predicted molar refractivity (Wildman–Crippen MR) is 126 cm³/mol. The standard InChI is InChI=1S/C27H36N2O2/c1-3-10-26(30)29(20-23-17-15-21(2)16-18-23)25(19-22-11-6-4-7-12-22)27(31)28-24-13-8-5-9-14-24/h4,6-7,11-12,15-18,24-25H,3,5,8-10,13-14,19-20H2,1-2H3,(H,28,31)/t25-/m0/s1. The van der Waals surface area contributed by atoms with Crippen LogP contribution in [0.2, 0.25) is 0 Å². The molecule has 4 heteroatoms. The molecule has 1 atom stereocenters. The number of carbonyl (C=O) groups excluding carboxylic acids is 2. The molecule has 0 aliphatic heterocycles. The Labute approximate surface area is 187 Å². The Morgan fingerprint density at radius 2 is 1.65 bits per heavy atom. The molecule has 2 aromatic rings. The molecule has 2 amide bonds. The van der Waals surface area contributed by atoms with Crippen molar-refractivity contribution >= 4 is 11.8 Å². The minimum atomic E-state index is -0.510. The second-order valence-electron chi connectivity index (χ2n) is 8.81. The molecule has 0 bridgehead atoms. The molecule has 2 aromatic carbocycles. The molecule has 0 heterocycles. The van der Waals surface area contributed by atoms with E-state index in [1.807, 2.05) is 37.3 Å². The average Bonchev–Trinajstić information content (AvgIpc) is 2.79. The molecular weight excluding hydrogens is 384 g/mol. The molecule has 1 saturated carbocycles. The van der Waals surface area contributed by atoms with E-state index in [4.69, 9.17) is 0 Å². The summed E-state index contributed by atoms with van der Waals surface area (Å²) in [5.41, 5.74) is 3.31. The smallest absolute Gasteiger partial charge is 0.243 e. The summed E-state index contributed by atoms with van der Waals surface area (Å²) >= 11 is 0. The van der Waals surface area contributed by atoms with Crippen LogP contribution in [0.5, 0.6) is 0 Å². The highest BCUT2D eigenvalue weighted by Gasteiger charge is 2.31. The SMILES string of the molecule is CCCC(=O)N(Cc1ccc(C)cc1)[C@@H](Cc1ccccc1)C(=O)NC1CCCCC1. The molecule has 166 valence electrons. The van der Waals surface area contributed by atoms with Gasteiger partial charge in [-0.1, -0.05) is 86.3 Å². The third-order valence-corrected chi connectivity index (χ3v) is 6.16. The summed E-state index contributed by atoms with van der Waals surface area (Å²) in [6.45, 7) is 4.52. The van der Waals surface area contributed by atoms with E-state index in [-0.39, 0.29) is 17.9 Å². The van der Waals surface area contributed by atoms with Crippen molar-refractivity contribution in [1.29, 1.82) is 0 Å². The van der Waals surface area contributed by atoms with E-state index in [0.29, 0.717) is 19.4 Å². The van der Waals surface area contributed by atoms with E-state index < -0.39 is 6.04 Å². The number of benzene rings is 2. The molecule has 1 N–H and O–H groups in total. The minimum Gasteiger partial charge on any atom is -0.352 e. The molecule has 3 rings (SSSR count). The van der Waals surface area contributed by atoms with Crippen molar-refractivity contribution in [3.8, 4) is 0 Å². The van der Waals surface area contributed by atoms with Crippen LogP contribution in [0.1, 0.15) is 68.6 Å². The van der Waals surface area contributed by atoms with Gasteiger partial charge >= 0.3 is 0 Å². The number of hydrogen-bond donors (Lipinski definition) is 1. The summed E-state index contributed by atoms with van der Waals surface area (Å²) in [5.74, 6) is 0.0233. The summed E-state index contributed by atoms with van der Waals surface area (Å²) in [6, 6.07) is 18.0. The molecule has 0 spiro atoms. The quantitative estimate of drug-likeness (QED) is 0.607. The van der Waals surface area contributed by atoms with Crippen molar-refractivity contribution in [1.82, 2.24) is 10.2 Å². The maximum atomic E-state index is 13.5. The van der Waals surface area contributed by atoms with Crippen LogP contribution in [0.25, 0.3) is 0 Å². The number of rotatable bonds is 9. The van der Waals surface area contributed by atoms with Crippen molar-refractivity contribution < 1.29 is 9.59 Å².